The molecule has 5 rings (SSSR count). The summed E-state index contributed by atoms with van der Waals surface area (Å²) in [6.07, 6.45) is 5.32. The summed E-state index contributed by atoms with van der Waals surface area (Å²) in [5, 5.41) is 7.62. The van der Waals surface area contributed by atoms with Crippen molar-refractivity contribution in [3.8, 4) is 0 Å². The van der Waals surface area contributed by atoms with Crippen molar-refractivity contribution in [1.82, 2.24) is 25.0 Å². The average Bonchev–Trinajstić information content (AvgIpc) is 3.52. The Balaban J connectivity index is 1.42. The summed E-state index contributed by atoms with van der Waals surface area (Å²) < 4.78 is 0. The van der Waals surface area contributed by atoms with E-state index in [1.807, 2.05) is 40.1 Å². The monoisotopic (exact) mass is 403 g/mol. The van der Waals surface area contributed by atoms with Crippen LogP contribution in [0.1, 0.15) is 58.1 Å². The minimum atomic E-state index is -0.0224. The maximum absolute atomic E-state index is 13.3. The third-order valence-corrected chi connectivity index (χ3v) is 6.28. The van der Waals surface area contributed by atoms with Gasteiger partial charge in [-0.3, -0.25) is 19.7 Å². The third kappa shape index (κ3) is 3.44. The molecule has 0 radical (unpaired) electrons. The van der Waals surface area contributed by atoms with Crippen LogP contribution in [0.4, 0.5) is 0 Å². The predicted molar refractivity (Wildman–Crippen MR) is 113 cm³/mol. The molecule has 7 heteroatoms. The van der Waals surface area contributed by atoms with E-state index in [9.17, 15) is 9.59 Å². The molecule has 30 heavy (non-hydrogen) atoms. The van der Waals surface area contributed by atoms with Gasteiger partial charge in [-0.15, -0.1) is 0 Å². The fourth-order valence-corrected chi connectivity index (χ4v) is 4.61. The van der Waals surface area contributed by atoms with E-state index < -0.39 is 0 Å². The number of nitrogens with zero attached hydrogens (tertiary/aromatic N) is 4. The zero-order chi connectivity index (χ0) is 20.5. The number of para-hydroxylation sites is 1. The van der Waals surface area contributed by atoms with E-state index in [1.165, 1.54) is 0 Å². The highest BCUT2D eigenvalue weighted by Crippen LogP contribution is 2.32. The first-order valence-corrected chi connectivity index (χ1v) is 10.7. The molecular formula is C23H25N5O2. The molecule has 2 amide bonds. The van der Waals surface area contributed by atoms with E-state index in [1.54, 1.807) is 12.3 Å². The summed E-state index contributed by atoms with van der Waals surface area (Å²) >= 11 is 0. The largest absolute Gasteiger partial charge is 0.339 e. The van der Waals surface area contributed by atoms with Crippen LogP contribution in [0.25, 0.3) is 10.9 Å². The summed E-state index contributed by atoms with van der Waals surface area (Å²) in [4.78, 5) is 34.6. The van der Waals surface area contributed by atoms with Crippen molar-refractivity contribution in [2.75, 3.05) is 26.2 Å². The summed E-state index contributed by atoms with van der Waals surface area (Å²) in [6, 6.07) is 11.7. The number of nitrogens with one attached hydrogen (secondary N) is 1. The van der Waals surface area contributed by atoms with Gasteiger partial charge >= 0.3 is 0 Å². The number of benzene rings is 1. The van der Waals surface area contributed by atoms with E-state index in [0.717, 1.165) is 60.9 Å². The molecule has 0 aliphatic carbocycles. The number of hydrogen-bond acceptors (Lipinski definition) is 4. The predicted octanol–water partition coefficient (Wildman–Crippen LogP) is 3.21. The van der Waals surface area contributed by atoms with Crippen molar-refractivity contribution in [1.29, 1.82) is 0 Å². The molecular weight excluding hydrogens is 378 g/mol. The number of rotatable bonds is 3. The molecule has 7 nitrogen and oxygen atoms in total. The second-order valence-electron chi connectivity index (χ2n) is 8.15. The van der Waals surface area contributed by atoms with E-state index in [-0.39, 0.29) is 17.7 Å². The molecule has 1 N–H and O–H groups in total. The lowest BCUT2D eigenvalue weighted by atomic mass is 9.89. The van der Waals surface area contributed by atoms with Gasteiger partial charge in [0.2, 0.25) is 0 Å². The van der Waals surface area contributed by atoms with E-state index in [4.69, 9.17) is 4.98 Å². The van der Waals surface area contributed by atoms with Gasteiger partial charge in [-0.2, -0.15) is 5.10 Å². The van der Waals surface area contributed by atoms with Gasteiger partial charge in [0.1, 0.15) is 5.69 Å². The molecule has 0 unspecified atom stereocenters. The van der Waals surface area contributed by atoms with Crippen LogP contribution in [0.5, 0.6) is 0 Å². The Kier molecular flexibility index (Phi) is 4.94. The van der Waals surface area contributed by atoms with Crippen LogP contribution < -0.4 is 0 Å². The average molecular weight is 403 g/mol. The van der Waals surface area contributed by atoms with Crippen molar-refractivity contribution >= 4 is 22.7 Å². The number of likely N-dealkylation sites (tertiary alicyclic amines) is 2. The number of aromatic amines is 1. The Morgan fingerprint density at radius 3 is 2.40 bits per heavy atom. The van der Waals surface area contributed by atoms with Gasteiger partial charge in [0.05, 0.1) is 16.8 Å². The van der Waals surface area contributed by atoms with E-state index in [2.05, 4.69) is 10.2 Å². The number of carbonyl (C=O) groups is 2. The maximum atomic E-state index is 13.3. The number of pyridine rings is 1. The zero-order valence-electron chi connectivity index (χ0n) is 16.9. The summed E-state index contributed by atoms with van der Waals surface area (Å²) in [7, 11) is 0. The van der Waals surface area contributed by atoms with Gasteiger partial charge in [-0.25, -0.2) is 0 Å². The molecule has 2 aromatic heterocycles. The Morgan fingerprint density at radius 2 is 1.67 bits per heavy atom. The molecule has 0 saturated carbocycles. The van der Waals surface area contributed by atoms with Crippen LogP contribution in [0.2, 0.25) is 0 Å². The van der Waals surface area contributed by atoms with Crippen molar-refractivity contribution in [3.63, 3.8) is 0 Å². The quantitative estimate of drug-likeness (QED) is 0.728. The number of piperidine rings is 1. The minimum absolute atomic E-state index is 0.0224. The molecule has 0 spiro atoms. The van der Waals surface area contributed by atoms with E-state index in [0.29, 0.717) is 18.8 Å². The van der Waals surface area contributed by atoms with E-state index >= 15 is 0 Å². The van der Waals surface area contributed by atoms with Crippen molar-refractivity contribution in [3.05, 3.63) is 59.5 Å². The SMILES string of the molecule is O=C(c1ccn[nH]1)N1CCC(c2nc3ccccc3cc2C(=O)N2CCCC2)CC1. The summed E-state index contributed by atoms with van der Waals surface area (Å²) in [5.74, 6) is 0.240. The maximum Gasteiger partial charge on any atom is 0.271 e. The first-order valence-electron chi connectivity index (χ1n) is 10.7. The normalized spacial score (nSPS) is 17.6. The Bertz CT molecular complexity index is 1060. The minimum Gasteiger partial charge on any atom is -0.339 e. The lowest BCUT2D eigenvalue weighted by molar-refractivity contribution is 0.0701. The molecule has 154 valence electrons. The van der Waals surface area contributed by atoms with Gasteiger partial charge in [0, 0.05) is 43.7 Å². The molecule has 3 aromatic rings. The van der Waals surface area contributed by atoms with Crippen LogP contribution in [0, 0.1) is 0 Å². The highest BCUT2D eigenvalue weighted by molar-refractivity contribution is 5.99. The Labute approximate surface area is 175 Å². The number of fused-ring (bicyclic) bond motifs is 1. The Morgan fingerprint density at radius 1 is 0.933 bits per heavy atom. The second-order valence-corrected chi connectivity index (χ2v) is 8.15. The third-order valence-electron chi connectivity index (χ3n) is 6.28. The zero-order valence-corrected chi connectivity index (χ0v) is 16.9. The fraction of sp³-hybridized carbons (Fsp3) is 0.391. The second kappa shape index (κ2) is 7.89. The van der Waals surface area contributed by atoms with Gasteiger partial charge in [-0.05, 0) is 43.9 Å². The number of aromatic nitrogens is 3. The topological polar surface area (TPSA) is 82.2 Å². The Hall–Kier alpha value is -3.22. The highest BCUT2D eigenvalue weighted by atomic mass is 16.2. The fourth-order valence-electron chi connectivity index (χ4n) is 4.61. The van der Waals surface area contributed by atoms with Crippen LogP contribution >= 0.6 is 0 Å². The molecule has 2 fully saturated rings. The van der Waals surface area contributed by atoms with Gasteiger partial charge < -0.3 is 9.80 Å². The van der Waals surface area contributed by atoms with Crippen molar-refractivity contribution in [2.45, 2.75) is 31.6 Å². The lowest BCUT2D eigenvalue weighted by Crippen LogP contribution is -2.39. The molecule has 1 aromatic carbocycles. The lowest BCUT2D eigenvalue weighted by Gasteiger charge is -2.32. The standard InChI is InChI=1S/C23H25N5O2/c29-22(27-11-3-4-12-27)18-15-17-5-1-2-6-19(17)25-21(18)16-8-13-28(14-9-16)23(30)20-7-10-24-26-20/h1-2,5-7,10,15-16H,3-4,8-9,11-14H2,(H,24,26). The molecule has 4 heterocycles. The van der Waals surface area contributed by atoms with Crippen LogP contribution in [-0.2, 0) is 0 Å². The summed E-state index contributed by atoms with van der Waals surface area (Å²) in [5.41, 5.74) is 3.05. The molecule has 2 aliphatic rings. The number of hydrogen-bond donors (Lipinski definition) is 1. The number of H-pyrrole nitrogens is 1. The van der Waals surface area contributed by atoms with Crippen LogP contribution in [0.15, 0.2) is 42.6 Å². The summed E-state index contributed by atoms with van der Waals surface area (Å²) in [6.45, 7) is 2.94. The molecule has 2 aliphatic heterocycles. The van der Waals surface area contributed by atoms with Crippen LogP contribution in [-0.4, -0.2) is 63.0 Å². The number of amides is 2. The highest BCUT2D eigenvalue weighted by Gasteiger charge is 2.30. The van der Waals surface area contributed by atoms with Crippen molar-refractivity contribution < 1.29 is 9.59 Å². The van der Waals surface area contributed by atoms with Crippen LogP contribution in [0.3, 0.4) is 0 Å². The molecule has 2 saturated heterocycles. The van der Waals surface area contributed by atoms with Gasteiger partial charge in [0.15, 0.2) is 0 Å². The smallest absolute Gasteiger partial charge is 0.271 e. The van der Waals surface area contributed by atoms with Crippen molar-refractivity contribution in [2.24, 2.45) is 0 Å². The first kappa shape index (κ1) is 18.8. The first-order chi connectivity index (χ1) is 14.7. The molecule has 0 bridgehead atoms. The van der Waals surface area contributed by atoms with Gasteiger partial charge in [0.25, 0.3) is 11.8 Å². The number of carbonyl (C=O) groups excluding carboxylic acids is 2. The molecule has 0 atom stereocenters. The van der Waals surface area contributed by atoms with Gasteiger partial charge in [-0.1, -0.05) is 18.2 Å².